The van der Waals surface area contributed by atoms with Gasteiger partial charge in [-0.05, 0) is 25.2 Å². The number of rotatable bonds is 8. The normalized spacial score (nSPS) is 15.8. The monoisotopic (exact) mass is 268 g/mol. The summed E-state index contributed by atoms with van der Waals surface area (Å²) in [6, 6.07) is 0. The third-order valence-electron chi connectivity index (χ3n) is 1.31. The SMILES string of the molecule is CCCN=CNP(=S)(OCC)SC(C)C. The molecule has 0 aliphatic rings. The first-order valence-corrected chi connectivity index (χ1v) is 9.43. The van der Waals surface area contributed by atoms with Crippen LogP contribution in [0.5, 0.6) is 0 Å². The third-order valence-corrected chi connectivity index (χ3v) is 7.17. The highest BCUT2D eigenvalue weighted by Gasteiger charge is 2.18. The molecule has 1 N–H and O–H groups in total. The van der Waals surface area contributed by atoms with Crippen LogP contribution in [0.15, 0.2) is 4.99 Å². The van der Waals surface area contributed by atoms with Gasteiger partial charge >= 0.3 is 0 Å². The number of nitrogens with zero attached hydrogens (tertiary/aromatic N) is 1. The summed E-state index contributed by atoms with van der Waals surface area (Å²) in [7, 11) is 0. The lowest BCUT2D eigenvalue weighted by atomic mass is 10.5. The Hall–Kier alpha value is 0.430. The molecule has 0 amide bonds. The van der Waals surface area contributed by atoms with E-state index in [-0.39, 0.29) is 0 Å². The van der Waals surface area contributed by atoms with Crippen LogP contribution in [0.1, 0.15) is 34.1 Å². The molecule has 0 heterocycles. The van der Waals surface area contributed by atoms with Crippen molar-refractivity contribution in [2.75, 3.05) is 13.2 Å². The van der Waals surface area contributed by atoms with Crippen LogP contribution in [-0.2, 0) is 16.3 Å². The molecule has 0 fully saturated rings. The fourth-order valence-corrected chi connectivity index (χ4v) is 6.66. The zero-order valence-electron chi connectivity index (χ0n) is 9.90. The van der Waals surface area contributed by atoms with E-state index < -0.39 is 5.62 Å². The summed E-state index contributed by atoms with van der Waals surface area (Å²) >= 11 is 7.16. The largest absolute Gasteiger partial charge is 0.327 e. The minimum atomic E-state index is -1.96. The van der Waals surface area contributed by atoms with E-state index in [1.54, 1.807) is 17.7 Å². The van der Waals surface area contributed by atoms with Crippen LogP contribution in [-0.4, -0.2) is 24.7 Å². The summed E-state index contributed by atoms with van der Waals surface area (Å²) in [5, 5.41) is 3.61. The van der Waals surface area contributed by atoms with Crippen molar-refractivity contribution in [3.8, 4) is 0 Å². The minimum absolute atomic E-state index is 0.467. The summed E-state index contributed by atoms with van der Waals surface area (Å²) in [4.78, 5) is 4.20. The van der Waals surface area contributed by atoms with E-state index in [9.17, 15) is 0 Å². The molecule has 90 valence electrons. The van der Waals surface area contributed by atoms with E-state index in [4.69, 9.17) is 16.3 Å². The zero-order chi connectivity index (χ0) is 11.7. The minimum Gasteiger partial charge on any atom is -0.327 e. The van der Waals surface area contributed by atoms with Crippen molar-refractivity contribution in [2.45, 2.75) is 39.4 Å². The lowest BCUT2D eigenvalue weighted by Crippen LogP contribution is -2.09. The van der Waals surface area contributed by atoms with Crippen LogP contribution in [0.3, 0.4) is 0 Å². The summed E-state index contributed by atoms with van der Waals surface area (Å²) in [5.74, 6) is 0. The lowest BCUT2D eigenvalue weighted by Gasteiger charge is -2.22. The summed E-state index contributed by atoms with van der Waals surface area (Å²) in [6.45, 7) is 9.78. The van der Waals surface area contributed by atoms with Crippen LogP contribution in [0, 0.1) is 0 Å². The fraction of sp³-hybridized carbons (Fsp3) is 0.889. The molecule has 0 aliphatic carbocycles. The highest BCUT2D eigenvalue weighted by atomic mass is 32.9. The molecule has 6 heteroatoms. The van der Waals surface area contributed by atoms with Crippen molar-refractivity contribution in [3.05, 3.63) is 0 Å². The number of aliphatic imine (C=N–C) groups is 1. The molecule has 1 atom stereocenters. The topological polar surface area (TPSA) is 33.6 Å². The van der Waals surface area contributed by atoms with E-state index in [1.807, 2.05) is 6.92 Å². The molecule has 0 aromatic heterocycles. The molecular weight excluding hydrogens is 247 g/mol. The fourth-order valence-electron chi connectivity index (χ4n) is 0.851. The van der Waals surface area contributed by atoms with Gasteiger partial charge in [0.1, 0.15) is 0 Å². The molecule has 15 heavy (non-hydrogen) atoms. The van der Waals surface area contributed by atoms with E-state index in [0.717, 1.165) is 13.0 Å². The van der Waals surface area contributed by atoms with Crippen LogP contribution in [0.2, 0.25) is 0 Å². The zero-order valence-corrected chi connectivity index (χ0v) is 12.4. The highest BCUT2D eigenvalue weighted by molar-refractivity contribution is 8.69. The standard InChI is InChI=1S/C9H21N2OPS2/c1-5-7-10-8-11-13(14,12-6-2)15-9(3)4/h8-9H,5-7H2,1-4H3,(H,10,11,14). The Morgan fingerprint density at radius 1 is 1.53 bits per heavy atom. The van der Waals surface area contributed by atoms with Crippen molar-refractivity contribution in [3.63, 3.8) is 0 Å². The van der Waals surface area contributed by atoms with Crippen molar-refractivity contribution >= 4 is 35.1 Å². The maximum Gasteiger partial charge on any atom is 0.211 e. The number of nitrogens with one attached hydrogen (secondary N) is 1. The van der Waals surface area contributed by atoms with Crippen LogP contribution >= 0.6 is 17.0 Å². The van der Waals surface area contributed by atoms with Gasteiger partial charge in [-0.25, -0.2) is 0 Å². The molecule has 0 aromatic carbocycles. The summed E-state index contributed by atoms with van der Waals surface area (Å²) < 4.78 is 5.61. The van der Waals surface area contributed by atoms with Gasteiger partial charge in [0, 0.05) is 11.8 Å². The van der Waals surface area contributed by atoms with Gasteiger partial charge in [-0.1, -0.05) is 32.2 Å². The van der Waals surface area contributed by atoms with Crippen LogP contribution in [0.4, 0.5) is 0 Å². The predicted molar refractivity (Wildman–Crippen MR) is 75.4 cm³/mol. The molecule has 0 rings (SSSR count). The Kier molecular flexibility index (Phi) is 8.81. The molecule has 0 aliphatic heterocycles. The third kappa shape index (κ3) is 8.26. The smallest absolute Gasteiger partial charge is 0.211 e. The summed E-state index contributed by atoms with van der Waals surface area (Å²) in [5.41, 5.74) is -1.96. The lowest BCUT2D eigenvalue weighted by molar-refractivity contribution is 0.383. The maximum atomic E-state index is 5.61. The van der Waals surface area contributed by atoms with Gasteiger partial charge in [0.25, 0.3) is 0 Å². The highest BCUT2D eigenvalue weighted by Crippen LogP contribution is 2.57. The van der Waals surface area contributed by atoms with Gasteiger partial charge < -0.3 is 9.61 Å². The van der Waals surface area contributed by atoms with E-state index in [1.165, 1.54) is 0 Å². The molecule has 0 saturated heterocycles. The van der Waals surface area contributed by atoms with Crippen molar-refractivity contribution in [1.82, 2.24) is 5.09 Å². The molecular formula is C9H21N2OPS2. The molecule has 0 aromatic rings. The molecule has 0 bridgehead atoms. The first-order chi connectivity index (χ1) is 7.04. The Labute approximate surface area is 102 Å². The Morgan fingerprint density at radius 3 is 2.67 bits per heavy atom. The number of hydrogen-bond donors (Lipinski definition) is 1. The second-order valence-corrected chi connectivity index (χ2v) is 10.3. The maximum absolute atomic E-state index is 5.61. The van der Waals surface area contributed by atoms with Crippen molar-refractivity contribution < 1.29 is 4.52 Å². The Morgan fingerprint density at radius 2 is 2.20 bits per heavy atom. The predicted octanol–water partition coefficient (Wildman–Crippen LogP) is 3.42. The van der Waals surface area contributed by atoms with Gasteiger partial charge in [-0.2, -0.15) is 0 Å². The Balaban J connectivity index is 4.18. The first kappa shape index (κ1) is 15.4. The second-order valence-electron chi connectivity index (χ2n) is 3.23. The summed E-state index contributed by atoms with van der Waals surface area (Å²) in [6.07, 6.45) is 2.75. The van der Waals surface area contributed by atoms with E-state index >= 15 is 0 Å². The molecule has 0 saturated carbocycles. The average molecular weight is 268 g/mol. The molecule has 1 unspecified atom stereocenters. The van der Waals surface area contributed by atoms with Gasteiger partial charge in [-0.3, -0.25) is 4.99 Å². The first-order valence-electron chi connectivity index (χ1n) is 5.23. The quantitative estimate of drug-likeness (QED) is 0.415. The van der Waals surface area contributed by atoms with E-state index in [2.05, 4.69) is 30.9 Å². The van der Waals surface area contributed by atoms with Gasteiger partial charge in [0.2, 0.25) is 5.62 Å². The van der Waals surface area contributed by atoms with Crippen LogP contribution < -0.4 is 5.09 Å². The van der Waals surface area contributed by atoms with Gasteiger partial charge in [0.05, 0.1) is 12.9 Å². The molecule has 0 spiro atoms. The van der Waals surface area contributed by atoms with Crippen molar-refractivity contribution in [2.24, 2.45) is 4.99 Å². The average Bonchev–Trinajstić information content (AvgIpc) is 2.11. The molecule has 0 radical (unpaired) electrons. The number of hydrogen-bond acceptors (Lipinski definition) is 4. The van der Waals surface area contributed by atoms with Gasteiger partial charge in [-0.15, -0.1) is 0 Å². The van der Waals surface area contributed by atoms with Crippen molar-refractivity contribution in [1.29, 1.82) is 0 Å². The Bertz CT molecular complexity index is 234. The second kappa shape index (κ2) is 8.57. The van der Waals surface area contributed by atoms with Gasteiger partial charge in [0.15, 0.2) is 0 Å². The van der Waals surface area contributed by atoms with E-state index in [0.29, 0.717) is 11.9 Å². The molecule has 3 nitrogen and oxygen atoms in total. The van der Waals surface area contributed by atoms with Crippen LogP contribution in [0.25, 0.3) is 0 Å².